The number of hydrogen-bond donors (Lipinski definition) is 1. The van der Waals surface area contributed by atoms with Gasteiger partial charge in [0, 0.05) is 6.20 Å². The van der Waals surface area contributed by atoms with Gasteiger partial charge in [0.25, 0.3) is 0 Å². The molecule has 100 valence electrons. The lowest BCUT2D eigenvalue weighted by Crippen LogP contribution is -2.07. The summed E-state index contributed by atoms with van der Waals surface area (Å²) in [5, 5.41) is 4.06. The van der Waals surface area contributed by atoms with Gasteiger partial charge < -0.3 is 10.5 Å². The van der Waals surface area contributed by atoms with E-state index in [0.717, 1.165) is 11.1 Å². The Labute approximate surface area is 109 Å². The molecule has 0 saturated heterocycles. The topological polar surface area (TPSA) is 70.1 Å². The van der Waals surface area contributed by atoms with Crippen LogP contribution in [0, 0.1) is 12.7 Å². The van der Waals surface area contributed by atoms with Gasteiger partial charge in [-0.2, -0.15) is 5.10 Å². The minimum absolute atomic E-state index is 0.0854. The number of methoxy groups -OCH3 is 1. The van der Waals surface area contributed by atoms with Crippen molar-refractivity contribution in [1.29, 1.82) is 0 Å². The van der Waals surface area contributed by atoms with Crippen molar-refractivity contribution in [3.05, 3.63) is 47.0 Å². The number of halogens is 1. The second-order valence-corrected chi connectivity index (χ2v) is 4.19. The standard InChI is InChI=1S/C13H14FN3O2/c1-8-5-10(14)4-3-9(8)6-17-7-11(15)12(16-17)13(18)19-2/h3-5,7H,6,15H2,1-2H3. The van der Waals surface area contributed by atoms with E-state index in [1.165, 1.54) is 23.9 Å². The van der Waals surface area contributed by atoms with Crippen LogP contribution in [0.2, 0.25) is 0 Å². The zero-order valence-electron chi connectivity index (χ0n) is 10.7. The average Bonchev–Trinajstić information content (AvgIpc) is 2.73. The largest absolute Gasteiger partial charge is 0.464 e. The number of nitrogens with zero attached hydrogens (tertiary/aromatic N) is 2. The number of aryl methyl sites for hydroxylation is 1. The van der Waals surface area contributed by atoms with Crippen LogP contribution in [0.1, 0.15) is 21.6 Å². The van der Waals surface area contributed by atoms with E-state index in [1.54, 1.807) is 12.3 Å². The summed E-state index contributed by atoms with van der Waals surface area (Å²) in [6, 6.07) is 4.51. The third kappa shape index (κ3) is 2.73. The summed E-state index contributed by atoms with van der Waals surface area (Å²) in [6.45, 7) is 2.22. The summed E-state index contributed by atoms with van der Waals surface area (Å²) in [5.41, 5.74) is 7.75. The van der Waals surface area contributed by atoms with Gasteiger partial charge >= 0.3 is 5.97 Å². The van der Waals surface area contributed by atoms with Gasteiger partial charge in [-0.05, 0) is 30.2 Å². The lowest BCUT2D eigenvalue weighted by Gasteiger charge is -2.05. The van der Waals surface area contributed by atoms with Crippen LogP contribution in [0.3, 0.4) is 0 Å². The number of rotatable bonds is 3. The molecule has 0 radical (unpaired) electrons. The van der Waals surface area contributed by atoms with E-state index >= 15 is 0 Å². The Morgan fingerprint density at radius 2 is 2.26 bits per heavy atom. The van der Waals surface area contributed by atoms with E-state index in [0.29, 0.717) is 6.54 Å². The molecule has 19 heavy (non-hydrogen) atoms. The van der Waals surface area contributed by atoms with Gasteiger partial charge in [-0.25, -0.2) is 9.18 Å². The first kappa shape index (κ1) is 13.1. The van der Waals surface area contributed by atoms with Gasteiger partial charge in [-0.15, -0.1) is 0 Å². The van der Waals surface area contributed by atoms with Crippen LogP contribution < -0.4 is 5.73 Å². The maximum atomic E-state index is 13.0. The molecule has 5 nitrogen and oxygen atoms in total. The van der Waals surface area contributed by atoms with Crippen LogP contribution in [-0.2, 0) is 11.3 Å². The first-order valence-corrected chi connectivity index (χ1v) is 5.67. The van der Waals surface area contributed by atoms with Gasteiger partial charge in [0.15, 0.2) is 5.69 Å². The molecule has 0 aliphatic rings. The summed E-state index contributed by atoms with van der Waals surface area (Å²) in [6.07, 6.45) is 1.55. The van der Waals surface area contributed by atoms with E-state index < -0.39 is 5.97 Å². The number of anilines is 1. The van der Waals surface area contributed by atoms with Crippen molar-refractivity contribution in [2.75, 3.05) is 12.8 Å². The Kier molecular flexibility index (Phi) is 3.50. The van der Waals surface area contributed by atoms with Crippen molar-refractivity contribution in [2.45, 2.75) is 13.5 Å². The van der Waals surface area contributed by atoms with Gasteiger partial charge in [0.2, 0.25) is 0 Å². The molecule has 1 heterocycles. The van der Waals surface area contributed by atoms with Crippen molar-refractivity contribution < 1.29 is 13.9 Å². The number of carbonyl (C=O) groups excluding carboxylic acids is 1. The molecule has 0 bridgehead atoms. The SMILES string of the molecule is COC(=O)c1nn(Cc2ccc(F)cc2C)cc1N. The number of ether oxygens (including phenoxy) is 1. The summed E-state index contributed by atoms with van der Waals surface area (Å²) in [4.78, 5) is 11.4. The highest BCUT2D eigenvalue weighted by atomic mass is 19.1. The number of benzene rings is 1. The smallest absolute Gasteiger partial charge is 0.360 e. The number of hydrogen-bond acceptors (Lipinski definition) is 4. The Balaban J connectivity index is 2.26. The zero-order chi connectivity index (χ0) is 14.0. The van der Waals surface area contributed by atoms with Gasteiger partial charge in [-0.3, -0.25) is 4.68 Å². The monoisotopic (exact) mass is 263 g/mol. The third-order valence-corrected chi connectivity index (χ3v) is 2.81. The Bertz CT molecular complexity index is 622. The summed E-state index contributed by atoms with van der Waals surface area (Å²) < 4.78 is 19.1. The van der Waals surface area contributed by atoms with Crippen LogP contribution in [-0.4, -0.2) is 22.9 Å². The van der Waals surface area contributed by atoms with Crippen LogP contribution in [0.25, 0.3) is 0 Å². The lowest BCUT2D eigenvalue weighted by atomic mass is 10.1. The molecule has 1 aromatic carbocycles. The quantitative estimate of drug-likeness (QED) is 0.856. The second-order valence-electron chi connectivity index (χ2n) is 4.19. The minimum atomic E-state index is -0.577. The third-order valence-electron chi connectivity index (χ3n) is 2.81. The molecule has 0 atom stereocenters. The van der Waals surface area contributed by atoms with Crippen molar-refractivity contribution in [3.8, 4) is 0 Å². The molecule has 2 N–H and O–H groups in total. The maximum absolute atomic E-state index is 13.0. The lowest BCUT2D eigenvalue weighted by molar-refractivity contribution is 0.0594. The average molecular weight is 263 g/mol. The molecular weight excluding hydrogens is 249 g/mol. The molecule has 0 saturated carbocycles. The molecule has 1 aromatic heterocycles. The Morgan fingerprint density at radius 3 is 2.89 bits per heavy atom. The molecule has 0 fully saturated rings. The molecule has 6 heteroatoms. The predicted octanol–water partition coefficient (Wildman–Crippen LogP) is 1.75. The van der Waals surface area contributed by atoms with Gasteiger partial charge in [0.05, 0.1) is 19.3 Å². The molecule has 0 unspecified atom stereocenters. The first-order valence-electron chi connectivity index (χ1n) is 5.67. The van der Waals surface area contributed by atoms with Gasteiger partial charge in [0.1, 0.15) is 5.82 Å². The molecular formula is C13H14FN3O2. The van der Waals surface area contributed by atoms with Crippen molar-refractivity contribution in [2.24, 2.45) is 0 Å². The normalized spacial score (nSPS) is 10.5. The van der Waals surface area contributed by atoms with E-state index in [4.69, 9.17) is 5.73 Å². The summed E-state index contributed by atoms with van der Waals surface area (Å²) in [7, 11) is 1.27. The summed E-state index contributed by atoms with van der Waals surface area (Å²) >= 11 is 0. The predicted molar refractivity (Wildman–Crippen MR) is 68.2 cm³/mol. The fourth-order valence-corrected chi connectivity index (χ4v) is 1.78. The van der Waals surface area contributed by atoms with Crippen LogP contribution >= 0.6 is 0 Å². The number of nitrogen functional groups attached to an aromatic ring is 1. The van der Waals surface area contributed by atoms with E-state index in [-0.39, 0.29) is 17.2 Å². The van der Waals surface area contributed by atoms with Crippen LogP contribution in [0.5, 0.6) is 0 Å². The van der Waals surface area contributed by atoms with Gasteiger partial charge in [-0.1, -0.05) is 6.07 Å². The molecule has 2 aromatic rings. The number of aromatic nitrogens is 2. The van der Waals surface area contributed by atoms with E-state index in [2.05, 4.69) is 9.84 Å². The molecule has 0 aliphatic carbocycles. The highest BCUT2D eigenvalue weighted by Crippen LogP contribution is 2.15. The van der Waals surface area contributed by atoms with Crippen LogP contribution in [0.15, 0.2) is 24.4 Å². The molecule has 0 spiro atoms. The van der Waals surface area contributed by atoms with E-state index in [9.17, 15) is 9.18 Å². The molecule has 0 amide bonds. The first-order chi connectivity index (χ1) is 9.01. The van der Waals surface area contributed by atoms with Crippen molar-refractivity contribution in [1.82, 2.24) is 9.78 Å². The highest BCUT2D eigenvalue weighted by Gasteiger charge is 2.15. The number of nitrogens with two attached hydrogens (primary N) is 1. The fraction of sp³-hybridized carbons (Fsp3) is 0.231. The number of carbonyl (C=O) groups is 1. The van der Waals surface area contributed by atoms with Crippen LogP contribution in [0.4, 0.5) is 10.1 Å². The highest BCUT2D eigenvalue weighted by molar-refractivity contribution is 5.92. The second kappa shape index (κ2) is 5.09. The van der Waals surface area contributed by atoms with Crippen molar-refractivity contribution in [3.63, 3.8) is 0 Å². The Hall–Kier alpha value is -2.37. The summed E-state index contributed by atoms with van der Waals surface area (Å²) in [5.74, 6) is -0.858. The van der Waals surface area contributed by atoms with Crippen molar-refractivity contribution >= 4 is 11.7 Å². The maximum Gasteiger partial charge on any atom is 0.360 e. The van der Waals surface area contributed by atoms with E-state index in [1.807, 2.05) is 6.92 Å². The number of esters is 1. The molecule has 0 aliphatic heterocycles. The minimum Gasteiger partial charge on any atom is -0.464 e. The fourth-order valence-electron chi connectivity index (χ4n) is 1.78. The Morgan fingerprint density at radius 1 is 1.53 bits per heavy atom. The zero-order valence-corrected chi connectivity index (χ0v) is 10.7. The molecule has 2 rings (SSSR count).